The molecule has 0 saturated carbocycles. The molecule has 1 rings (SSSR count). The predicted octanol–water partition coefficient (Wildman–Crippen LogP) is 2.60. The Labute approximate surface area is 179 Å². The van der Waals surface area contributed by atoms with Crippen molar-refractivity contribution in [2.75, 3.05) is 38.1 Å². The number of nitrogens with one attached hydrogen (secondary N) is 1. The number of amides is 2. The van der Waals surface area contributed by atoms with Crippen LogP contribution in [0.3, 0.4) is 0 Å². The van der Waals surface area contributed by atoms with Gasteiger partial charge in [0.15, 0.2) is 5.82 Å². The van der Waals surface area contributed by atoms with Gasteiger partial charge in [0, 0.05) is 18.5 Å². The van der Waals surface area contributed by atoms with E-state index in [1.807, 2.05) is 6.92 Å². The molecule has 1 aromatic heterocycles. The Morgan fingerprint density at radius 3 is 2.47 bits per heavy atom. The molecule has 1 atom stereocenters. The van der Waals surface area contributed by atoms with E-state index in [-0.39, 0.29) is 43.8 Å². The second-order valence-corrected chi connectivity index (χ2v) is 7.22. The predicted molar refractivity (Wildman–Crippen MR) is 114 cm³/mol. The monoisotopic (exact) mass is 424 g/mol. The van der Waals surface area contributed by atoms with Gasteiger partial charge in [0.1, 0.15) is 12.3 Å². The molecule has 0 aliphatic rings. The molecule has 30 heavy (non-hydrogen) atoms. The quantitative estimate of drug-likeness (QED) is 0.458. The van der Waals surface area contributed by atoms with Crippen LogP contribution in [0.15, 0.2) is 10.6 Å². The standard InChI is InChI=1S/C21H36N4O5/c1-6-24(7-2)13-9-10-16(4)25(20(27)11-12-21(28)29-8-3)15-19(26)22-18-14-17(5)30-23-18/h14,16H,6-13,15H2,1-5H3,(H,22,23,26). The largest absolute Gasteiger partial charge is 0.466 e. The second kappa shape index (κ2) is 13.7. The van der Waals surface area contributed by atoms with E-state index >= 15 is 0 Å². The number of anilines is 1. The molecule has 0 bridgehead atoms. The fourth-order valence-electron chi connectivity index (χ4n) is 3.14. The molecule has 1 heterocycles. The maximum Gasteiger partial charge on any atom is 0.306 e. The van der Waals surface area contributed by atoms with Gasteiger partial charge < -0.3 is 24.4 Å². The second-order valence-electron chi connectivity index (χ2n) is 7.22. The van der Waals surface area contributed by atoms with Gasteiger partial charge in [0.25, 0.3) is 0 Å². The highest BCUT2D eigenvalue weighted by molar-refractivity contribution is 5.94. The highest BCUT2D eigenvalue weighted by atomic mass is 16.5. The lowest BCUT2D eigenvalue weighted by Gasteiger charge is -2.29. The number of ether oxygens (including phenoxy) is 1. The fourth-order valence-corrected chi connectivity index (χ4v) is 3.14. The number of hydrogen-bond donors (Lipinski definition) is 1. The Hall–Kier alpha value is -2.42. The molecule has 170 valence electrons. The SMILES string of the molecule is CCOC(=O)CCC(=O)N(CC(=O)Nc1cc(C)on1)C(C)CCCN(CC)CC. The van der Waals surface area contributed by atoms with Gasteiger partial charge in [0.05, 0.1) is 13.0 Å². The summed E-state index contributed by atoms with van der Waals surface area (Å²) in [6, 6.07) is 1.47. The summed E-state index contributed by atoms with van der Waals surface area (Å²) in [4.78, 5) is 40.7. The summed E-state index contributed by atoms with van der Waals surface area (Å²) in [6.07, 6.45) is 1.68. The van der Waals surface area contributed by atoms with Gasteiger partial charge in [-0.05, 0) is 53.2 Å². The molecule has 1 N–H and O–H groups in total. The van der Waals surface area contributed by atoms with Gasteiger partial charge in [-0.25, -0.2) is 0 Å². The van der Waals surface area contributed by atoms with Gasteiger partial charge in [-0.2, -0.15) is 0 Å². The van der Waals surface area contributed by atoms with Crippen molar-refractivity contribution in [2.24, 2.45) is 0 Å². The number of carbonyl (C=O) groups is 3. The lowest BCUT2D eigenvalue weighted by Crippen LogP contribution is -2.44. The van der Waals surface area contributed by atoms with Crippen molar-refractivity contribution in [2.45, 2.75) is 66.3 Å². The van der Waals surface area contributed by atoms with Gasteiger partial charge in [0.2, 0.25) is 11.8 Å². The molecule has 0 aliphatic carbocycles. The van der Waals surface area contributed by atoms with Crippen molar-refractivity contribution < 1.29 is 23.6 Å². The van der Waals surface area contributed by atoms with E-state index in [1.165, 1.54) is 4.90 Å². The molecular weight excluding hydrogens is 388 g/mol. The summed E-state index contributed by atoms with van der Waals surface area (Å²) in [5.41, 5.74) is 0. The zero-order chi connectivity index (χ0) is 22.5. The van der Waals surface area contributed by atoms with Crippen LogP contribution < -0.4 is 5.32 Å². The molecule has 0 aliphatic heterocycles. The van der Waals surface area contributed by atoms with Crippen LogP contribution in [0.4, 0.5) is 5.82 Å². The fraction of sp³-hybridized carbons (Fsp3) is 0.714. The number of aryl methyl sites for hydroxylation is 1. The Morgan fingerprint density at radius 2 is 1.90 bits per heavy atom. The van der Waals surface area contributed by atoms with E-state index in [9.17, 15) is 14.4 Å². The minimum absolute atomic E-state index is 0.000555. The van der Waals surface area contributed by atoms with Crippen molar-refractivity contribution in [3.63, 3.8) is 0 Å². The van der Waals surface area contributed by atoms with E-state index in [0.29, 0.717) is 11.6 Å². The topological polar surface area (TPSA) is 105 Å². The number of aromatic nitrogens is 1. The normalized spacial score (nSPS) is 11.9. The highest BCUT2D eigenvalue weighted by Gasteiger charge is 2.24. The van der Waals surface area contributed by atoms with Gasteiger partial charge in [-0.1, -0.05) is 19.0 Å². The molecule has 0 spiro atoms. The lowest BCUT2D eigenvalue weighted by molar-refractivity contribution is -0.146. The van der Waals surface area contributed by atoms with Crippen LogP contribution in [0.25, 0.3) is 0 Å². The maximum absolute atomic E-state index is 12.8. The maximum atomic E-state index is 12.8. The van der Waals surface area contributed by atoms with Crippen LogP contribution in [0.5, 0.6) is 0 Å². The first-order valence-electron chi connectivity index (χ1n) is 10.7. The smallest absolute Gasteiger partial charge is 0.306 e. The number of rotatable bonds is 14. The molecule has 0 fully saturated rings. The summed E-state index contributed by atoms with van der Waals surface area (Å²) in [6.45, 7) is 12.7. The number of carbonyl (C=O) groups excluding carboxylic acids is 3. The summed E-state index contributed by atoms with van der Waals surface area (Å²) >= 11 is 0. The van der Waals surface area contributed by atoms with E-state index in [1.54, 1.807) is 19.9 Å². The number of nitrogens with zero attached hydrogens (tertiary/aromatic N) is 3. The zero-order valence-electron chi connectivity index (χ0n) is 18.9. The third-order valence-corrected chi connectivity index (χ3v) is 4.90. The first-order chi connectivity index (χ1) is 14.3. The molecule has 0 saturated heterocycles. The van der Waals surface area contributed by atoms with Crippen molar-refractivity contribution in [3.8, 4) is 0 Å². The first kappa shape index (κ1) is 25.6. The van der Waals surface area contributed by atoms with Crippen molar-refractivity contribution in [1.82, 2.24) is 15.0 Å². The van der Waals surface area contributed by atoms with Crippen molar-refractivity contribution in [1.29, 1.82) is 0 Å². The average molecular weight is 425 g/mol. The van der Waals surface area contributed by atoms with Gasteiger partial charge in [-0.3, -0.25) is 14.4 Å². The third kappa shape index (κ3) is 9.39. The summed E-state index contributed by atoms with van der Waals surface area (Å²) in [5.74, 6) is -0.126. The average Bonchev–Trinajstić information content (AvgIpc) is 3.12. The van der Waals surface area contributed by atoms with Crippen LogP contribution in [-0.4, -0.2) is 71.6 Å². The molecule has 1 aromatic rings. The minimum atomic E-state index is -0.414. The van der Waals surface area contributed by atoms with Gasteiger partial charge >= 0.3 is 5.97 Å². The third-order valence-electron chi connectivity index (χ3n) is 4.90. The van der Waals surface area contributed by atoms with Crippen LogP contribution in [0.1, 0.15) is 59.1 Å². The number of hydrogen-bond acceptors (Lipinski definition) is 7. The van der Waals surface area contributed by atoms with Crippen molar-refractivity contribution >= 4 is 23.6 Å². The highest BCUT2D eigenvalue weighted by Crippen LogP contribution is 2.13. The van der Waals surface area contributed by atoms with E-state index in [2.05, 4.69) is 29.2 Å². The Kier molecular flexibility index (Phi) is 11.7. The van der Waals surface area contributed by atoms with Gasteiger partial charge in [-0.15, -0.1) is 0 Å². The van der Waals surface area contributed by atoms with Crippen LogP contribution in [0.2, 0.25) is 0 Å². The molecule has 9 heteroatoms. The van der Waals surface area contributed by atoms with E-state index < -0.39 is 5.97 Å². The minimum Gasteiger partial charge on any atom is -0.466 e. The molecular formula is C21H36N4O5. The number of esters is 1. The Morgan fingerprint density at radius 1 is 1.20 bits per heavy atom. The van der Waals surface area contributed by atoms with Crippen molar-refractivity contribution in [3.05, 3.63) is 11.8 Å². The molecule has 1 unspecified atom stereocenters. The van der Waals surface area contributed by atoms with Crippen LogP contribution >= 0.6 is 0 Å². The van der Waals surface area contributed by atoms with E-state index in [0.717, 1.165) is 32.5 Å². The summed E-state index contributed by atoms with van der Waals surface area (Å²) in [7, 11) is 0. The Balaban J connectivity index is 2.71. The molecule has 0 radical (unpaired) electrons. The van der Waals surface area contributed by atoms with E-state index in [4.69, 9.17) is 9.26 Å². The van der Waals surface area contributed by atoms with Crippen LogP contribution in [-0.2, 0) is 19.1 Å². The first-order valence-corrected chi connectivity index (χ1v) is 10.7. The summed E-state index contributed by atoms with van der Waals surface area (Å²) in [5, 5.41) is 6.39. The molecule has 0 aromatic carbocycles. The van der Waals surface area contributed by atoms with Crippen LogP contribution in [0, 0.1) is 6.92 Å². The molecule has 2 amide bonds. The lowest BCUT2D eigenvalue weighted by atomic mass is 10.1. The molecule has 9 nitrogen and oxygen atoms in total. The zero-order valence-corrected chi connectivity index (χ0v) is 18.9. The Bertz CT molecular complexity index is 672. The summed E-state index contributed by atoms with van der Waals surface area (Å²) < 4.78 is 9.85.